The second kappa shape index (κ2) is 8.14. The summed E-state index contributed by atoms with van der Waals surface area (Å²) in [4.78, 5) is 27.8. The number of amides is 2. The molecule has 27 heavy (non-hydrogen) atoms. The monoisotopic (exact) mass is 387 g/mol. The highest BCUT2D eigenvalue weighted by atomic mass is 19.4. The number of carbonyl (C=O) groups is 2. The fourth-order valence-electron chi connectivity index (χ4n) is 2.39. The molecule has 1 aliphatic carbocycles. The van der Waals surface area contributed by atoms with Crippen LogP contribution in [0.3, 0.4) is 0 Å². The minimum absolute atomic E-state index is 0.121. The van der Waals surface area contributed by atoms with E-state index in [2.05, 4.69) is 15.6 Å². The average molecular weight is 387 g/mol. The molecule has 0 saturated heterocycles. The molecule has 1 aliphatic rings. The lowest BCUT2D eigenvalue weighted by atomic mass is 10.1. The number of nitrogens with one attached hydrogen (secondary N) is 2. The lowest BCUT2D eigenvalue weighted by Gasteiger charge is -2.23. The number of hydrogen-bond donors (Lipinski definition) is 2. The molecule has 2 N–H and O–H groups in total. The molecule has 1 unspecified atom stereocenters. The zero-order chi connectivity index (χ0) is 20.2. The molecule has 0 radical (unpaired) electrons. The van der Waals surface area contributed by atoms with Crippen LogP contribution in [0.15, 0.2) is 18.3 Å². The number of halogens is 3. The van der Waals surface area contributed by atoms with E-state index in [0.717, 1.165) is 37.6 Å². The van der Waals surface area contributed by atoms with E-state index < -0.39 is 35.5 Å². The van der Waals surface area contributed by atoms with E-state index in [1.807, 2.05) is 0 Å². The predicted octanol–water partition coefficient (Wildman–Crippen LogP) is 4.12. The van der Waals surface area contributed by atoms with Gasteiger partial charge in [0.15, 0.2) is 0 Å². The van der Waals surface area contributed by atoms with Gasteiger partial charge in [0.1, 0.15) is 17.3 Å². The fourth-order valence-corrected chi connectivity index (χ4v) is 2.39. The number of anilines is 1. The first kappa shape index (κ1) is 21.0. The van der Waals surface area contributed by atoms with Crippen LogP contribution in [0.25, 0.3) is 0 Å². The van der Waals surface area contributed by atoms with Crippen LogP contribution in [-0.4, -0.2) is 28.6 Å². The molecule has 1 fully saturated rings. The third-order valence-corrected chi connectivity index (χ3v) is 3.89. The maximum atomic E-state index is 12.6. The van der Waals surface area contributed by atoms with Crippen molar-refractivity contribution in [3.63, 3.8) is 0 Å². The van der Waals surface area contributed by atoms with Gasteiger partial charge in [-0.05, 0) is 51.7 Å². The van der Waals surface area contributed by atoms with E-state index in [1.54, 1.807) is 20.8 Å². The number of nitrogens with zero attached hydrogens (tertiary/aromatic N) is 1. The van der Waals surface area contributed by atoms with Crippen LogP contribution in [0.5, 0.6) is 0 Å². The van der Waals surface area contributed by atoms with Gasteiger partial charge in [-0.2, -0.15) is 13.2 Å². The van der Waals surface area contributed by atoms with Gasteiger partial charge in [0, 0.05) is 0 Å². The Morgan fingerprint density at radius 2 is 1.93 bits per heavy atom. The number of ether oxygens (including phenoxy) is 1. The van der Waals surface area contributed by atoms with Gasteiger partial charge >= 0.3 is 12.3 Å². The van der Waals surface area contributed by atoms with Gasteiger partial charge in [-0.25, -0.2) is 9.78 Å². The normalized spacial score (nSPS) is 15.8. The summed E-state index contributed by atoms with van der Waals surface area (Å²) in [6.07, 6.45) is -0.931. The van der Waals surface area contributed by atoms with E-state index in [1.165, 1.54) is 0 Å². The van der Waals surface area contributed by atoms with Crippen LogP contribution >= 0.6 is 0 Å². The van der Waals surface area contributed by atoms with Crippen LogP contribution in [-0.2, 0) is 15.7 Å². The smallest absolute Gasteiger partial charge is 0.433 e. The van der Waals surface area contributed by atoms with E-state index in [-0.39, 0.29) is 5.69 Å². The third-order valence-electron chi connectivity index (χ3n) is 3.89. The van der Waals surface area contributed by atoms with Crippen LogP contribution in [0.1, 0.15) is 52.1 Å². The summed E-state index contributed by atoms with van der Waals surface area (Å²) in [5, 5.41) is 5.03. The number of carbonyl (C=O) groups excluding carboxylic acids is 2. The Labute approximate surface area is 155 Å². The predicted molar refractivity (Wildman–Crippen MR) is 93.0 cm³/mol. The molecular weight excluding hydrogens is 363 g/mol. The average Bonchev–Trinajstić information content (AvgIpc) is 3.33. The first-order valence-electron chi connectivity index (χ1n) is 8.77. The molecule has 2 amide bonds. The standard InChI is InChI=1S/C18H24F3N3O3/c1-17(2,3)27-16(26)24-13(8-6-11-4-5-11)15(25)23-12-7-9-14(22-10-12)18(19,20)21/h7,9-11,13H,4-6,8H2,1-3H3,(H,23,25)(H,24,26). The van der Waals surface area contributed by atoms with Crippen molar-refractivity contribution >= 4 is 17.7 Å². The summed E-state index contributed by atoms with van der Waals surface area (Å²) in [6, 6.07) is 1.07. The van der Waals surface area contributed by atoms with Crippen molar-refractivity contribution in [2.45, 2.75) is 64.3 Å². The molecule has 0 spiro atoms. The largest absolute Gasteiger partial charge is 0.444 e. The molecular formula is C18H24F3N3O3. The third kappa shape index (κ3) is 7.44. The Bertz CT molecular complexity index is 665. The molecule has 0 aliphatic heterocycles. The van der Waals surface area contributed by atoms with Crippen molar-refractivity contribution in [3.8, 4) is 0 Å². The number of pyridine rings is 1. The van der Waals surface area contributed by atoms with Crippen LogP contribution in [0.4, 0.5) is 23.7 Å². The quantitative estimate of drug-likeness (QED) is 0.769. The summed E-state index contributed by atoms with van der Waals surface area (Å²) in [5.41, 5.74) is -1.63. The summed E-state index contributed by atoms with van der Waals surface area (Å²) in [6.45, 7) is 5.12. The van der Waals surface area contributed by atoms with Crippen molar-refractivity contribution in [1.29, 1.82) is 0 Å². The van der Waals surface area contributed by atoms with Crippen LogP contribution < -0.4 is 10.6 Å². The fraction of sp³-hybridized carbons (Fsp3) is 0.611. The molecule has 1 heterocycles. The minimum atomic E-state index is -4.55. The molecule has 1 saturated carbocycles. The number of hydrogen-bond acceptors (Lipinski definition) is 4. The van der Waals surface area contributed by atoms with Crippen molar-refractivity contribution in [1.82, 2.24) is 10.3 Å². The van der Waals surface area contributed by atoms with Gasteiger partial charge in [-0.15, -0.1) is 0 Å². The van der Waals surface area contributed by atoms with Gasteiger partial charge in [-0.3, -0.25) is 4.79 Å². The second-order valence-corrected chi connectivity index (χ2v) is 7.64. The van der Waals surface area contributed by atoms with E-state index >= 15 is 0 Å². The van der Waals surface area contributed by atoms with Gasteiger partial charge in [0.2, 0.25) is 5.91 Å². The maximum Gasteiger partial charge on any atom is 0.433 e. The number of alkyl carbamates (subject to hydrolysis) is 1. The molecule has 1 aromatic heterocycles. The molecule has 0 aromatic carbocycles. The molecule has 6 nitrogen and oxygen atoms in total. The Balaban J connectivity index is 2.00. The highest BCUT2D eigenvalue weighted by Gasteiger charge is 2.32. The number of aromatic nitrogens is 1. The molecule has 1 aromatic rings. The van der Waals surface area contributed by atoms with Crippen LogP contribution in [0, 0.1) is 5.92 Å². The summed E-state index contributed by atoms with van der Waals surface area (Å²) in [5.74, 6) is 0.0246. The topological polar surface area (TPSA) is 80.3 Å². The highest BCUT2D eigenvalue weighted by Crippen LogP contribution is 2.34. The zero-order valence-corrected chi connectivity index (χ0v) is 15.5. The lowest BCUT2D eigenvalue weighted by molar-refractivity contribution is -0.141. The first-order valence-corrected chi connectivity index (χ1v) is 8.77. The Hall–Kier alpha value is -2.32. The van der Waals surface area contributed by atoms with Crippen molar-refractivity contribution in [2.75, 3.05) is 5.32 Å². The SMILES string of the molecule is CC(C)(C)OC(=O)NC(CCC1CC1)C(=O)Nc1ccc(C(F)(F)F)nc1. The van der Waals surface area contributed by atoms with Crippen molar-refractivity contribution in [3.05, 3.63) is 24.0 Å². The van der Waals surface area contributed by atoms with Gasteiger partial charge < -0.3 is 15.4 Å². The summed E-state index contributed by atoms with van der Waals surface area (Å²) < 4.78 is 42.9. The van der Waals surface area contributed by atoms with Crippen molar-refractivity contribution in [2.24, 2.45) is 5.92 Å². The van der Waals surface area contributed by atoms with E-state index in [0.29, 0.717) is 12.3 Å². The minimum Gasteiger partial charge on any atom is -0.444 e. The lowest BCUT2D eigenvalue weighted by Crippen LogP contribution is -2.45. The molecule has 2 rings (SSSR count). The van der Waals surface area contributed by atoms with E-state index in [9.17, 15) is 22.8 Å². The van der Waals surface area contributed by atoms with Gasteiger partial charge in [-0.1, -0.05) is 12.8 Å². The summed E-state index contributed by atoms with van der Waals surface area (Å²) >= 11 is 0. The van der Waals surface area contributed by atoms with Gasteiger partial charge in [0.25, 0.3) is 0 Å². The first-order chi connectivity index (χ1) is 12.4. The molecule has 1 atom stereocenters. The van der Waals surface area contributed by atoms with E-state index in [4.69, 9.17) is 4.74 Å². The maximum absolute atomic E-state index is 12.6. The molecule has 150 valence electrons. The summed E-state index contributed by atoms with van der Waals surface area (Å²) in [7, 11) is 0. The Morgan fingerprint density at radius 3 is 2.41 bits per heavy atom. The zero-order valence-electron chi connectivity index (χ0n) is 15.5. The number of alkyl halides is 3. The molecule has 0 bridgehead atoms. The van der Waals surface area contributed by atoms with Gasteiger partial charge in [0.05, 0.1) is 11.9 Å². The Kier molecular flexibility index (Phi) is 6.33. The number of rotatable bonds is 6. The van der Waals surface area contributed by atoms with Crippen LogP contribution in [0.2, 0.25) is 0 Å². The van der Waals surface area contributed by atoms with Crippen molar-refractivity contribution < 1.29 is 27.5 Å². The molecule has 9 heteroatoms. The Morgan fingerprint density at radius 1 is 1.26 bits per heavy atom. The highest BCUT2D eigenvalue weighted by molar-refractivity contribution is 5.96. The second-order valence-electron chi connectivity index (χ2n) is 7.64.